The molecule has 1 aromatic rings. The van der Waals surface area contributed by atoms with Crippen molar-refractivity contribution in [2.45, 2.75) is 20.8 Å². The molecule has 1 aromatic carbocycles. The molecule has 0 aliphatic carbocycles. The zero-order valence-corrected chi connectivity index (χ0v) is 7.14. The lowest BCUT2D eigenvalue weighted by molar-refractivity contribution is -0.498. The van der Waals surface area contributed by atoms with E-state index in [4.69, 9.17) is 0 Å². The Bertz CT molecular complexity index is 269. The molecule has 2 N–H and O–H groups in total. The van der Waals surface area contributed by atoms with Crippen molar-refractivity contribution in [1.82, 2.24) is 0 Å². The van der Waals surface area contributed by atoms with Crippen molar-refractivity contribution in [3.05, 3.63) is 34.0 Å². The van der Waals surface area contributed by atoms with Gasteiger partial charge in [0, 0.05) is 11.1 Å². The maximum absolute atomic E-state index is 10.6. The van der Waals surface area contributed by atoms with Crippen LogP contribution in [0.2, 0.25) is 0 Å². The standard InChI is InChI=1S/C9H13NO/c1-6-4-5-7(2)9(10-11)8(6)3/h4-5H,10H2,1-3H3. The first kappa shape index (κ1) is 8.24. The van der Waals surface area contributed by atoms with Crippen molar-refractivity contribution in [3.8, 4) is 0 Å². The quantitative estimate of drug-likeness (QED) is 0.477. The highest BCUT2D eigenvalue weighted by molar-refractivity contribution is 5.49. The Morgan fingerprint density at radius 3 is 2.09 bits per heavy atom. The second-order valence-electron chi connectivity index (χ2n) is 2.86. The molecule has 2 nitrogen and oxygen atoms in total. The molecule has 0 radical (unpaired) electrons. The van der Waals surface area contributed by atoms with Gasteiger partial charge >= 0.3 is 0 Å². The van der Waals surface area contributed by atoms with Gasteiger partial charge in [-0.1, -0.05) is 12.1 Å². The Morgan fingerprint density at radius 2 is 1.64 bits per heavy atom. The van der Waals surface area contributed by atoms with Gasteiger partial charge < -0.3 is 10.7 Å². The van der Waals surface area contributed by atoms with Crippen molar-refractivity contribution >= 4 is 5.69 Å². The normalized spacial score (nSPS) is 10.2. The van der Waals surface area contributed by atoms with E-state index in [9.17, 15) is 5.21 Å². The molecule has 11 heavy (non-hydrogen) atoms. The van der Waals surface area contributed by atoms with E-state index in [1.165, 1.54) is 5.56 Å². The minimum absolute atomic E-state index is 0.838. The molecule has 0 saturated carbocycles. The molecule has 0 aliphatic rings. The average Bonchev–Trinajstić information content (AvgIpc) is 1.99. The van der Waals surface area contributed by atoms with E-state index in [0.717, 1.165) is 22.3 Å². The fourth-order valence-electron chi connectivity index (χ4n) is 1.15. The fraction of sp³-hybridized carbons (Fsp3) is 0.333. The van der Waals surface area contributed by atoms with Gasteiger partial charge in [-0.2, -0.15) is 0 Å². The van der Waals surface area contributed by atoms with Crippen molar-refractivity contribution in [2.24, 2.45) is 0 Å². The first-order valence-corrected chi connectivity index (χ1v) is 3.69. The van der Waals surface area contributed by atoms with Crippen LogP contribution in [0.25, 0.3) is 0 Å². The number of rotatable bonds is 1. The second-order valence-corrected chi connectivity index (χ2v) is 2.86. The van der Waals surface area contributed by atoms with Crippen molar-refractivity contribution in [3.63, 3.8) is 0 Å². The molecule has 0 amide bonds. The molecule has 0 bridgehead atoms. The monoisotopic (exact) mass is 151 g/mol. The predicted molar refractivity (Wildman–Crippen MR) is 45.6 cm³/mol. The minimum atomic E-state index is 0.838. The number of aryl methyl sites for hydroxylation is 2. The lowest BCUT2D eigenvalue weighted by Crippen LogP contribution is -2.71. The molecule has 1 rings (SSSR count). The third-order valence-corrected chi connectivity index (χ3v) is 2.12. The smallest absolute Gasteiger partial charge is 0.135 e. The number of hydrogen-bond acceptors (Lipinski definition) is 1. The van der Waals surface area contributed by atoms with Crippen molar-refractivity contribution < 1.29 is 5.48 Å². The molecule has 0 aromatic heterocycles. The first-order chi connectivity index (χ1) is 5.16. The Balaban J connectivity index is 3.29. The summed E-state index contributed by atoms with van der Waals surface area (Å²) >= 11 is 0. The lowest BCUT2D eigenvalue weighted by atomic mass is 10.0. The predicted octanol–water partition coefficient (Wildman–Crippen LogP) is 1.30. The van der Waals surface area contributed by atoms with Crippen LogP contribution in [0.15, 0.2) is 12.1 Å². The number of hydrogen-bond donors (Lipinski definition) is 1. The Labute approximate surface area is 66.8 Å². The van der Waals surface area contributed by atoms with Gasteiger partial charge in [0.25, 0.3) is 0 Å². The van der Waals surface area contributed by atoms with E-state index >= 15 is 0 Å². The third-order valence-electron chi connectivity index (χ3n) is 2.12. The summed E-state index contributed by atoms with van der Waals surface area (Å²) in [5.41, 5.74) is 5.10. The van der Waals surface area contributed by atoms with E-state index in [2.05, 4.69) is 0 Å². The number of nitrogens with two attached hydrogens (primary N) is 1. The van der Waals surface area contributed by atoms with Crippen LogP contribution in [0, 0.1) is 26.0 Å². The van der Waals surface area contributed by atoms with Gasteiger partial charge in [0.2, 0.25) is 0 Å². The van der Waals surface area contributed by atoms with Crippen LogP contribution in [-0.4, -0.2) is 0 Å². The maximum atomic E-state index is 10.6. The summed E-state index contributed by atoms with van der Waals surface area (Å²) in [7, 11) is 0. The van der Waals surface area contributed by atoms with Crippen LogP contribution in [-0.2, 0) is 0 Å². The molecule has 0 heterocycles. The summed E-state index contributed by atoms with van der Waals surface area (Å²) in [5, 5.41) is 10.6. The zero-order valence-electron chi connectivity index (χ0n) is 7.14. The number of quaternary nitrogens is 1. The lowest BCUT2D eigenvalue weighted by Gasteiger charge is -2.10. The minimum Gasteiger partial charge on any atom is -0.630 e. The van der Waals surface area contributed by atoms with Gasteiger partial charge in [-0.05, 0) is 26.3 Å². The largest absolute Gasteiger partial charge is 0.630 e. The molecular weight excluding hydrogens is 138 g/mol. The molecule has 0 fully saturated rings. The highest BCUT2D eigenvalue weighted by Gasteiger charge is 2.04. The van der Waals surface area contributed by atoms with Crippen LogP contribution in [0.4, 0.5) is 5.69 Å². The summed E-state index contributed by atoms with van der Waals surface area (Å²) < 4.78 is 0. The third kappa shape index (κ3) is 1.42. The molecular formula is C9H13NO. The van der Waals surface area contributed by atoms with Gasteiger partial charge in [-0.25, -0.2) is 0 Å². The summed E-state index contributed by atoms with van der Waals surface area (Å²) in [5.74, 6) is 0. The fourth-order valence-corrected chi connectivity index (χ4v) is 1.15. The van der Waals surface area contributed by atoms with Gasteiger partial charge in [0.15, 0.2) is 0 Å². The van der Waals surface area contributed by atoms with E-state index in [1.54, 1.807) is 0 Å². The average molecular weight is 151 g/mol. The van der Waals surface area contributed by atoms with Crippen molar-refractivity contribution in [1.29, 1.82) is 0 Å². The molecule has 2 heteroatoms. The Kier molecular flexibility index (Phi) is 2.27. The molecule has 0 spiro atoms. The molecule has 0 atom stereocenters. The summed E-state index contributed by atoms with van der Waals surface area (Å²) in [6.45, 7) is 5.95. The Hall–Kier alpha value is -0.860. The topological polar surface area (TPSA) is 39.7 Å². The van der Waals surface area contributed by atoms with Crippen LogP contribution >= 0.6 is 0 Å². The molecule has 0 aliphatic heterocycles. The Morgan fingerprint density at radius 1 is 1.09 bits per heavy atom. The van der Waals surface area contributed by atoms with Crippen LogP contribution in [0.1, 0.15) is 16.7 Å². The van der Waals surface area contributed by atoms with Gasteiger partial charge in [-0.15, -0.1) is 0 Å². The van der Waals surface area contributed by atoms with E-state index in [0.29, 0.717) is 0 Å². The van der Waals surface area contributed by atoms with E-state index in [-0.39, 0.29) is 0 Å². The summed E-state index contributed by atoms with van der Waals surface area (Å²) in [6.07, 6.45) is 0. The molecule has 0 saturated heterocycles. The highest BCUT2D eigenvalue weighted by atomic mass is 16.5. The van der Waals surface area contributed by atoms with Crippen molar-refractivity contribution in [2.75, 3.05) is 0 Å². The summed E-state index contributed by atoms with van der Waals surface area (Å²) in [4.78, 5) is 0. The second kappa shape index (κ2) is 3.03. The van der Waals surface area contributed by atoms with Crippen LogP contribution in [0.3, 0.4) is 0 Å². The zero-order chi connectivity index (χ0) is 8.43. The van der Waals surface area contributed by atoms with Crippen LogP contribution < -0.4 is 5.48 Å². The first-order valence-electron chi connectivity index (χ1n) is 3.69. The van der Waals surface area contributed by atoms with Gasteiger partial charge in [0.05, 0.1) is 0 Å². The van der Waals surface area contributed by atoms with E-state index in [1.807, 2.05) is 32.9 Å². The van der Waals surface area contributed by atoms with Gasteiger partial charge in [-0.3, -0.25) is 0 Å². The summed E-state index contributed by atoms with van der Waals surface area (Å²) in [6, 6.07) is 4.02. The SMILES string of the molecule is Cc1ccc(C)c([NH2+][O-])c1C. The molecule has 60 valence electrons. The molecule has 0 unspecified atom stereocenters. The van der Waals surface area contributed by atoms with E-state index < -0.39 is 0 Å². The maximum Gasteiger partial charge on any atom is 0.135 e. The van der Waals surface area contributed by atoms with Crippen LogP contribution in [0.5, 0.6) is 0 Å². The number of benzene rings is 1. The highest BCUT2D eigenvalue weighted by Crippen LogP contribution is 2.17. The van der Waals surface area contributed by atoms with Gasteiger partial charge in [0.1, 0.15) is 5.69 Å².